The Bertz CT molecular complexity index is 955. The maximum Gasteiger partial charge on any atom is 0.169 e. The van der Waals surface area contributed by atoms with Crippen molar-refractivity contribution >= 4 is 29.0 Å². The zero-order chi connectivity index (χ0) is 20.5. The van der Waals surface area contributed by atoms with Crippen molar-refractivity contribution in [2.24, 2.45) is 0 Å². The van der Waals surface area contributed by atoms with Gasteiger partial charge in [-0.05, 0) is 41.8 Å². The molecule has 1 atom stereocenters. The van der Waals surface area contributed by atoms with Gasteiger partial charge in [-0.1, -0.05) is 84.4 Å². The van der Waals surface area contributed by atoms with Crippen LogP contribution in [0.5, 0.6) is 0 Å². The Morgan fingerprint density at radius 1 is 0.967 bits per heavy atom. The number of benzene rings is 3. The van der Waals surface area contributed by atoms with Crippen LogP contribution in [0, 0.1) is 0 Å². The van der Waals surface area contributed by atoms with E-state index in [2.05, 4.69) is 36.5 Å². The summed E-state index contributed by atoms with van der Waals surface area (Å²) in [7, 11) is 0. The highest BCUT2D eigenvalue weighted by Gasteiger charge is 2.14. The second kappa shape index (κ2) is 12.3. The Morgan fingerprint density at radius 3 is 2.30 bits per heavy atom. The van der Waals surface area contributed by atoms with E-state index in [0.717, 1.165) is 29.7 Å². The molecule has 156 valence electrons. The Morgan fingerprint density at radius 2 is 1.63 bits per heavy atom. The molecule has 0 amide bonds. The summed E-state index contributed by atoms with van der Waals surface area (Å²) in [4.78, 5) is 13.1. The van der Waals surface area contributed by atoms with Crippen molar-refractivity contribution in [3.8, 4) is 0 Å². The van der Waals surface area contributed by atoms with Crippen molar-refractivity contribution in [1.82, 2.24) is 0 Å². The molecule has 1 unspecified atom stereocenters. The molecule has 0 saturated carbocycles. The largest absolute Gasteiger partial charge is 1.00 e. The highest BCUT2D eigenvalue weighted by atomic mass is 35.5. The summed E-state index contributed by atoms with van der Waals surface area (Å²) < 4.78 is 0. The molecule has 0 bridgehead atoms. The van der Waals surface area contributed by atoms with Crippen molar-refractivity contribution < 1.29 is 22.5 Å². The maximum absolute atomic E-state index is 13.1. The number of carbonyl (C=O) groups excluding carboxylic acids is 1. The number of hydrogen-bond acceptors (Lipinski definition) is 1. The number of halogens is 2. The van der Waals surface area contributed by atoms with E-state index in [1.807, 2.05) is 66.7 Å². The first-order valence-electron chi connectivity index (χ1n) is 10.0. The summed E-state index contributed by atoms with van der Waals surface area (Å²) in [5, 5.41) is 2.93. The van der Waals surface area contributed by atoms with E-state index in [0.29, 0.717) is 17.5 Å². The number of nitrogens with two attached hydrogens (primary N) is 1. The van der Waals surface area contributed by atoms with Crippen LogP contribution in [-0.4, -0.2) is 18.4 Å². The second-order valence-electron chi connectivity index (χ2n) is 7.34. The predicted octanol–water partition coefficient (Wildman–Crippen LogP) is 2.04. The molecule has 0 fully saturated rings. The first-order chi connectivity index (χ1) is 14.1. The Kier molecular flexibility index (Phi) is 9.82. The van der Waals surface area contributed by atoms with Crippen LogP contribution in [0.1, 0.15) is 30.0 Å². The minimum Gasteiger partial charge on any atom is -1.00 e. The van der Waals surface area contributed by atoms with Gasteiger partial charge in [-0.3, -0.25) is 4.79 Å². The lowest BCUT2D eigenvalue weighted by Gasteiger charge is -2.12. The number of quaternary nitrogens is 1. The first-order valence-corrected chi connectivity index (χ1v) is 10.4. The summed E-state index contributed by atoms with van der Waals surface area (Å²) in [6.07, 6.45) is 3.44. The maximum atomic E-state index is 13.1. The fourth-order valence-corrected chi connectivity index (χ4v) is 3.61. The molecule has 3 rings (SSSR count). The van der Waals surface area contributed by atoms with Gasteiger partial charge in [-0.2, -0.15) is 0 Å². The van der Waals surface area contributed by atoms with Crippen LogP contribution in [0.25, 0.3) is 11.6 Å². The van der Waals surface area contributed by atoms with Crippen LogP contribution in [0.2, 0.25) is 5.02 Å². The Balaban J connectivity index is 0.00000320. The van der Waals surface area contributed by atoms with E-state index in [1.165, 1.54) is 5.56 Å². The molecule has 30 heavy (non-hydrogen) atoms. The van der Waals surface area contributed by atoms with Gasteiger partial charge in [0.05, 0.1) is 19.0 Å². The molecular formula is C26H27Cl2NO. The van der Waals surface area contributed by atoms with Crippen molar-refractivity contribution in [3.05, 3.63) is 107 Å². The van der Waals surface area contributed by atoms with Gasteiger partial charge >= 0.3 is 0 Å². The Labute approximate surface area is 190 Å². The van der Waals surface area contributed by atoms with Gasteiger partial charge in [0.15, 0.2) is 5.78 Å². The zero-order valence-electron chi connectivity index (χ0n) is 17.1. The molecule has 4 heteroatoms. The molecule has 0 spiro atoms. The Hall–Kier alpha value is -2.39. The lowest BCUT2D eigenvalue weighted by molar-refractivity contribution is -0.684. The molecular weight excluding hydrogens is 413 g/mol. The van der Waals surface area contributed by atoms with Gasteiger partial charge in [-0.15, -0.1) is 0 Å². The third-order valence-electron chi connectivity index (χ3n) is 4.89. The zero-order valence-corrected chi connectivity index (χ0v) is 18.6. The summed E-state index contributed by atoms with van der Waals surface area (Å²) in [6.45, 7) is 2.98. The number of Topliss-reactive ketones (excluding diaryl/α,β-unsaturated/α-hetero) is 1. The van der Waals surface area contributed by atoms with Crippen molar-refractivity contribution in [3.63, 3.8) is 0 Å². The molecule has 0 aliphatic carbocycles. The minimum atomic E-state index is 0. The average Bonchev–Trinajstić information content (AvgIpc) is 2.73. The first kappa shape index (κ1) is 23.9. The highest BCUT2D eigenvalue weighted by molar-refractivity contribution is 6.31. The normalized spacial score (nSPS) is 12.1. The van der Waals surface area contributed by atoms with Crippen LogP contribution in [0.15, 0.2) is 84.9 Å². The van der Waals surface area contributed by atoms with E-state index in [-0.39, 0.29) is 18.2 Å². The summed E-state index contributed by atoms with van der Waals surface area (Å²) >= 11 is 6.12. The molecule has 0 radical (unpaired) electrons. The van der Waals surface area contributed by atoms with Gasteiger partial charge in [0.1, 0.15) is 0 Å². The van der Waals surface area contributed by atoms with Crippen LogP contribution in [0.4, 0.5) is 0 Å². The van der Waals surface area contributed by atoms with Gasteiger partial charge < -0.3 is 17.7 Å². The van der Waals surface area contributed by atoms with Crippen LogP contribution < -0.4 is 17.7 Å². The fraction of sp³-hybridized carbons (Fsp3) is 0.192. The van der Waals surface area contributed by atoms with Gasteiger partial charge in [0.2, 0.25) is 0 Å². The van der Waals surface area contributed by atoms with Gasteiger partial charge in [0, 0.05) is 17.0 Å². The lowest BCUT2D eigenvalue weighted by atomic mass is 9.97. The van der Waals surface area contributed by atoms with E-state index in [4.69, 9.17) is 11.6 Å². The smallest absolute Gasteiger partial charge is 0.169 e. The number of hydrogen-bond donors (Lipinski definition) is 1. The van der Waals surface area contributed by atoms with E-state index in [9.17, 15) is 4.79 Å². The molecule has 0 aliphatic rings. The molecule has 2 nitrogen and oxygen atoms in total. The average molecular weight is 440 g/mol. The topological polar surface area (TPSA) is 33.7 Å². The van der Waals surface area contributed by atoms with Crippen LogP contribution >= 0.6 is 11.6 Å². The molecule has 0 aromatic heterocycles. The van der Waals surface area contributed by atoms with Crippen molar-refractivity contribution in [2.45, 2.75) is 25.8 Å². The number of ketones is 1. The molecule has 3 aromatic carbocycles. The van der Waals surface area contributed by atoms with Crippen LogP contribution in [0.3, 0.4) is 0 Å². The summed E-state index contributed by atoms with van der Waals surface area (Å²) in [6, 6.07) is 28.3. The van der Waals surface area contributed by atoms with Gasteiger partial charge in [-0.25, -0.2) is 0 Å². The third kappa shape index (κ3) is 7.46. The number of allylic oxidation sites excluding steroid dienone is 1. The monoisotopic (exact) mass is 439 g/mol. The molecule has 0 aliphatic heterocycles. The molecule has 2 N–H and O–H groups in total. The van der Waals surface area contributed by atoms with Crippen LogP contribution in [-0.2, 0) is 11.2 Å². The van der Waals surface area contributed by atoms with E-state index >= 15 is 0 Å². The second-order valence-corrected chi connectivity index (χ2v) is 7.78. The van der Waals surface area contributed by atoms with E-state index in [1.54, 1.807) is 0 Å². The number of rotatable bonds is 9. The molecule has 3 aromatic rings. The lowest BCUT2D eigenvalue weighted by Crippen LogP contribution is -3.00. The quantitative estimate of drug-likeness (QED) is 0.401. The highest BCUT2D eigenvalue weighted by Crippen LogP contribution is 2.22. The fourth-order valence-electron chi connectivity index (χ4n) is 3.41. The summed E-state index contributed by atoms with van der Waals surface area (Å²) in [5.74, 6) is 0.152. The van der Waals surface area contributed by atoms with Crippen molar-refractivity contribution in [1.29, 1.82) is 0 Å². The van der Waals surface area contributed by atoms with Gasteiger partial charge in [0.25, 0.3) is 0 Å². The third-order valence-corrected chi connectivity index (χ3v) is 5.12. The minimum absolute atomic E-state index is 0. The number of carbonyl (C=O) groups is 1. The van der Waals surface area contributed by atoms with E-state index < -0.39 is 0 Å². The summed E-state index contributed by atoms with van der Waals surface area (Å²) in [5.41, 5.74) is 3.94. The van der Waals surface area contributed by atoms with Crippen molar-refractivity contribution in [2.75, 3.05) is 6.54 Å². The standard InChI is InChI=1S/C26H26ClNO.ClH/c1-20(17-21-9-4-2-5-10-21)28-16-15-26(29)25(23-12-6-3-7-13-23)19-22-11-8-14-24(27)18-22;/h2-14,18-20,28H,15-17H2,1H3;1H/b25-19+;. The SMILES string of the molecule is CC(Cc1ccccc1)[NH2+]CCC(=O)/C(=C/c1cccc(Cl)c1)c1ccccc1.[Cl-]. The molecule has 0 saturated heterocycles. The molecule has 0 heterocycles. The predicted molar refractivity (Wildman–Crippen MR) is 122 cm³/mol.